The maximum Gasteiger partial charge on any atom is 0.356 e. The first-order chi connectivity index (χ1) is 14.7. The van der Waals surface area contributed by atoms with Crippen LogP contribution >= 0.6 is 11.6 Å². The predicted molar refractivity (Wildman–Crippen MR) is 121 cm³/mol. The second-order valence-electron chi connectivity index (χ2n) is 7.53. The zero-order valence-corrected chi connectivity index (χ0v) is 18.4. The Morgan fingerprint density at radius 3 is 2.71 bits per heavy atom. The van der Waals surface area contributed by atoms with E-state index < -0.39 is 5.97 Å². The van der Waals surface area contributed by atoms with Crippen molar-refractivity contribution in [2.45, 2.75) is 33.4 Å². The molecule has 9 heteroatoms. The molecule has 0 amide bonds. The minimum atomic E-state index is -1.17. The Morgan fingerprint density at radius 2 is 2.03 bits per heavy atom. The van der Waals surface area contributed by atoms with E-state index in [-0.39, 0.29) is 22.4 Å². The molecule has 1 unspecified atom stereocenters. The Morgan fingerprint density at radius 1 is 1.29 bits per heavy atom. The molecule has 3 aromatic heterocycles. The maximum atomic E-state index is 13.3. The first-order valence-electron chi connectivity index (χ1n) is 9.88. The van der Waals surface area contributed by atoms with Crippen LogP contribution in [0.15, 0.2) is 35.3 Å². The fraction of sp³-hybridized carbons (Fsp3) is 0.273. The first kappa shape index (κ1) is 20.9. The van der Waals surface area contributed by atoms with E-state index in [1.54, 1.807) is 21.5 Å². The van der Waals surface area contributed by atoms with E-state index >= 15 is 0 Å². The monoisotopic (exact) mass is 439 g/mol. The number of aromatic carboxylic acids is 1. The van der Waals surface area contributed by atoms with E-state index in [1.165, 1.54) is 6.07 Å². The molecule has 8 nitrogen and oxygen atoms in total. The number of carboxylic acid groups (broad SMARTS) is 1. The van der Waals surface area contributed by atoms with Gasteiger partial charge in [-0.05, 0) is 50.1 Å². The normalized spacial score (nSPS) is 12.4. The lowest BCUT2D eigenvalue weighted by Gasteiger charge is -2.21. The Balaban J connectivity index is 1.97. The van der Waals surface area contributed by atoms with Gasteiger partial charge < -0.3 is 10.4 Å². The zero-order valence-electron chi connectivity index (χ0n) is 17.6. The van der Waals surface area contributed by atoms with Crippen molar-refractivity contribution in [2.24, 2.45) is 7.05 Å². The third kappa shape index (κ3) is 3.42. The van der Waals surface area contributed by atoms with Gasteiger partial charge in [0.15, 0.2) is 5.69 Å². The van der Waals surface area contributed by atoms with Gasteiger partial charge in [-0.3, -0.25) is 14.0 Å². The Bertz CT molecular complexity index is 1410. The average molecular weight is 440 g/mol. The van der Waals surface area contributed by atoms with Gasteiger partial charge in [-0.25, -0.2) is 9.78 Å². The highest BCUT2D eigenvalue weighted by atomic mass is 35.5. The standard InChI is InChI=1S/C22H22ClN5O3/c1-5-28-20-15(10-24-27(20)4)18-13(8-11(2)9-14(18)21(28)29)12(3)25-16-6-7-17(23)26-19(16)22(30)31/h6-10,12,25H,5H2,1-4H3,(H,30,31). The van der Waals surface area contributed by atoms with Crippen molar-refractivity contribution >= 4 is 45.1 Å². The number of nitrogens with zero attached hydrogens (tertiary/aromatic N) is 4. The summed E-state index contributed by atoms with van der Waals surface area (Å²) in [5, 5.41) is 19.5. The van der Waals surface area contributed by atoms with E-state index in [0.29, 0.717) is 17.6 Å². The molecule has 1 aromatic carbocycles. The number of rotatable bonds is 5. The molecule has 0 bridgehead atoms. The van der Waals surface area contributed by atoms with E-state index in [9.17, 15) is 14.7 Å². The summed E-state index contributed by atoms with van der Waals surface area (Å²) in [5.41, 5.74) is 2.67. The van der Waals surface area contributed by atoms with Gasteiger partial charge in [-0.2, -0.15) is 5.10 Å². The summed E-state index contributed by atoms with van der Waals surface area (Å²) in [5.74, 6) is -1.17. The predicted octanol–water partition coefficient (Wildman–Crippen LogP) is 4.14. The van der Waals surface area contributed by atoms with Crippen LogP contribution in [0.3, 0.4) is 0 Å². The smallest absolute Gasteiger partial charge is 0.356 e. The lowest BCUT2D eigenvalue weighted by Crippen LogP contribution is -2.22. The van der Waals surface area contributed by atoms with Crippen LogP contribution < -0.4 is 10.9 Å². The highest BCUT2D eigenvalue weighted by Crippen LogP contribution is 2.33. The molecule has 0 aliphatic rings. The van der Waals surface area contributed by atoms with E-state index in [0.717, 1.165) is 27.5 Å². The zero-order chi connectivity index (χ0) is 22.4. The third-order valence-electron chi connectivity index (χ3n) is 5.44. The van der Waals surface area contributed by atoms with Crippen LogP contribution in [0.2, 0.25) is 5.15 Å². The van der Waals surface area contributed by atoms with Crippen LogP contribution in [0.25, 0.3) is 21.8 Å². The summed E-state index contributed by atoms with van der Waals surface area (Å²) in [6.07, 6.45) is 1.77. The van der Waals surface area contributed by atoms with Gasteiger partial charge >= 0.3 is 5.97 Å². The molecule has 0 saturated carbocycles. The number of aryl methyl sites for hydroxylation is 3. The van der Waals surface area contributed by atoms with E-state index in [1.807, 2.05) is 40.0 Å². The highest BCUT2D eigenvalue weighted by Gasteiger charge is 2.21. The van der Waals surface area contributed by atoms with Crippen LogP contribution in [0.4, 0.5) is 5.69 Å². The molecule has 0 radical (unpaired) electrons. The first-order valence-corrected chi connectivity index (χ1v) is 10.3. The molecule has 2 N–H and O–H groups in total. The third-order valence-corrected chi connectivity index (χ3v) is 5.65. The van der Waals surface area contributed by atoms with Crippen molar-refractivity contribution < 1.29 is 9.90 Å². The quantitative estimate of drug-likeness (QED) is 0.453. The number of hydrogen-bond acceptors (Lipinski definition) is 5. The van der Waals surface area contributed by atoms with Crippen molar-refractivity contribution in [1.82, 2.24) is 19.3 Å². The molecule has 0 aliphatic heterocycles. The Hall–Kier alpha value is -3.39. The van der Waals surface area contributed by atoms with Gasteiger partial charge in [0.05, 0.1) is 11.9 Å². The van der Waals surface area contributed by atoms with Crippen LogP contribution in [0.5, 0.6) is 0 Å². The molecule has 1 atom stereocenters. The molecular weight excluding hydrogens is 418 g/mol. The van der Waals surface area contributed by atoms with Crippen LogP contribution in [0, 0.1) is 6.92 Å². The largest absolute Gasteiger partial charge is 0.476 e. The number of anilines is 1. The van der Waals surface area contributed by atoms with E-state index in [4.69, 9.17) is 11.6 Å². The molecular formula is C22H22ClN5O3. The minimum absolute atomic E-state index is 0.0786. The Kier molecular flexibility index (Phi) is 5.18. The summed E-state index contributed by atoms with van der Waals surface area (Å²) in [7, 11) is 1.81. The van der Waals surface area contributed by atoms with E-state index in [2.05, 4.69) is 15.4 Å². The van der Waals surface area contributed by atoms with Gasteiger partial charge in [-0.15, -0.1) is 0 Å². The summed E-state index contributed by atoms with van der Waals surface area (Å²) < 4.78 is 3.42. The molecule has 4 rings (SSSR count). The summed E-state index contributed by atoms with van der Waals surface area (Å²) in [4.78, 5) is 28.9. The van der Waals surface area contributed by atoms with Crippen molar-refractivity contribution in [3.05, 3.63) is 62.8 Å². The number of carbonyl (C=O) groups is 1. The molecule has 0 aliphatic carbocycles. The lowest BCUT2D eigenvalue weighted by atomic mass is 9.95. The summed E-state index contributed by atoms with van der Waals surface area (Å²) >= 11 is 5.88. The topological polar surface area (TPSA) is 102 Å². The summed E-state index contributed by atoms with van der Waals surface area (Å²) in [6.45, 7) is 6.31. The summed E-state index contributed by atoms with van der Waals surface area (Å²) in [6, 6.07) is 6.71. The molecule has 0 fully saturated rings. The lowest BCUT2D eigenvalue weighted by molar-refractivity contribution is 0.0691. The number of benzene rings is 1. The van der Waals surface area contributed by atoms with Gasteiger partial charge in [0.25, 0.3) is 5.56 Å². The minimum Gasteiger partial charge on any atom is -0.476 e. The number of fused-ring (bicyclic) bond motifs is 3. The fourth-order valence-corrected chi connectivity index (χ4v) is 4.26. The number of halogens is 1. The van der Waals surface area contributed by atoms with Crippen LogP contribution in [0.1, 0.15) is 41.5 Å². The maximum absolute atomic E-state index is 13.3. The average Bonchev–Trinajstić information content (AvgIpc) is 3.10. The van der Waals surface area contributed by atoms with Crippen LogP contribution in [-0.4, -0.2) is 30.4 Å². The molecule has 4 aromatic rings. The van der Waals surface area contributed by atoms with Gasteiger partial charge in [0, 0.05) is 35.8 Å². The van der Waals surface area contributed by atoms with Gasteiger partial charge in [-0.1, -0.05) is 17.7 Å². The van der Waals surface area contributed by atoms with Crippen molar-refractivity contribution in [2.75, 3.05) is 5.32 Å². The molecule has 31 heavy (non-hydrogen) atoms. The SMILES string of the molecule is CCn1c(=O)c2cc(C)cc(C(C)Nc3ccc(Cl)nc3C(=O)O)c2c2cnn(C)c21. The number of aromatic nitrogens is 4. The highest BCUT2D eigenvalue weighted by molar-refractivity contribution is 6.29. The molecule has 0 spiro atoms. The second kappa shape index (κ2) is 7.70. The number of carboxylic acids is 1. The molecule has 3 heterocycles. The Labute approximate surface area is 183 Å². The van der Waals surface area contributed by atoms with Crippen molar-refractivity contribution in [3.63, 3.8) is 0 Å². The molecule has 0 saturated heterocycles. The molecule has 160 valence electrons. The van der Waals surface area contributed by atoms with Gasteiger partial charge in [0.1, 0.15) is 10.8 Å². The van der Waals surface area contributed by atoms with Crippen molar-refractivity contribution in [1.29, 1.82) is 0 Å². The fourth-order valence-electron chi connectivity index (χ4n) is 4.11. The number of hydrogen-bond donors (Lipinski definition) is 2. The van der Waals surface area contributed by atoms with Crippen molar-refractivity contribution in [3.8, 4) is 0 Å². The van der Waals surface area contributed by atoms with Crippen LogP contribution in [-0.2, 0) is 13.6 Å². The number of nitrogens with one attached hydrogen (secondary N) is 1. The second-order valence-corrected chi connectivity index (χ2v) is 7.92. The number of pyridine rings is 2. The van der Waals surface area contributed by atoms with Gasteiger partial charge in [0.2, 0.25) is 0 Å².